The zero-order valence-corrected chi connectivity index (χ0v) is 14.8. The molecule has 1 aromatic heterocycles. The van der Waals surface area contributed by atoms with Crippen LogP contribution < -0.4 is 15.3 Å². The van der Waals surface area contributed by atoms with E-state index in [1.54, 1.807) is 18.3 Å². The van der Waals surface area contributed by atoms with E-state index in [0.29, 0.717) is 16.9 Å². The van der Waals surface area contributed by atoms with Crippen LogP contribution in [0.1, 0.15) is 6.42 Å². The minimum absolute atomic E-state index is 0.105. The third-order valence-electron chi connectivity index (χ3n) is 3.92. The molecule has 2 bridgehead atoms. The number of aliphatic imine (C=N–C) groups is 2. The smallest absolute Gasteiger partial charge is 0.251 e. The van der Waals surface area contributed by atoms with Crippen molar-refractivity contribution >= 4 is 41.3 Å². The van der Waals surface area contributed by atoms with Gasteiger partial charge in [-0.25, -0.2) is 20.0 Å². The molecule has 0 saturated heterocycles. The summed E-state index contributed by atoms with van der Waals surface area (Å²) in [5, 5.41) is 2.28. The standard InChI is InChI=1S/C21H15N5O2/c27-20-8-10-22-13-15-4-1-2-5-18(15)26-21-17-12-16(28-11-3-9-23-20)6-7-19(17)24-14-25-21/h1-7,9-14H,8H2/b11-3+,15-13+,22-10+,23-9+,26-18+. The molecule has 3 aromatic rings. The van der Waals surface area contributed by atoms with Gasteiger partial charge < -0.3 is 4.74 Å². The molecule has 0 N–H and O–H groups in total. The molecule has 1 aliphatic rings. The summed E-state index contributed by atoms with van der Waals surface area (Å²) in [7, 11) is 0. The lowest BCUT2D eigenvalue weighted by Gasteiger charge is -2.04. The zero-order chi connectivity index (χ0) is 19.2. The maximum Gasteiger partial charge on any atom is 0.251 e. The Labute approximate surface area is 160 Å². The van der Waals surface area contributed by atoms with Gasteiger partial charge in [-0.15, -0.1) is 0 Å². The molecule has 0 fully saturated rings. The van der Waals surface area contributed by atoms with E-state index in [9.17, 15) is 4.79 Å². The van der Waals surface area contributed by atoms with Crippen molar-refractivity contribution in [3.05, 3.63) is 71.7 Å². The van der Waals surface area contributed by atoms with E-state index in [1.165, 1.54) is 25.0 Å². The number of benzene rings is 2. The number of fused-ring (bicyclic) bond motifs is 2. The third kappa shape index (κ3) is 4.04. The Hall–Kier alpha value is -4.00. The number of para-hydroxylation sites is 1. The molecule has 4 rings (SSSR count). The number of hydrogen-bond acceptors (Lipinski definition) is 6. The number of allylic oxidation sites excluding steroid dienone is 1. The largest absolute Gasteiger partial charge is 0.465 e. The maximum absolute atomic E-state index is 11.7. The second-order valence-corrected chi connectivity index (χ2v) is 5.83. The number of carbonyl (C=O) groups is 1. The summed E-state index contributed by atoms with van der Waals surface area (Å²) in [4.78, 5) is 33.0. The van der Waals surface area contributed by atoms with Crippen molar-refractivity contribution in [3.63, 3.8) is 0 Å². The van der Waals surface area contributed by atoms with Gasteiger partial charge in [0.2, 0.25) is 0 Å². The molecule has 7 nitrogen and oxygen atoms in total. The summed E-state index contributed by atoms with van der Waals surface area (Å²) in [6.45, 7) is 0. The van der Waals surface area contributed by atoms with E-state index in [2.05, 4.69) is 20.0 Å². The Kier molecular flexibility index (Phi) is 5.06. The fourth-order valence-electron chi connectivity index (χ4n) is 2.59. The Bertz CT molecular complexity index is 1250. The van der Waals surface area contributed by atoms with Gasteiger partial charge in [-0.1, -0.05) is 18.2 Å². The maximum atomic E-state index is 11.7. The highest BCUT2D eigenvalue weighted by atomic mass is 16.5. The first-order valence-corrected chi connectivity index (χ1v) is 8.59. The number of amides is 1. The summed E-state index contributed by atoms with van der Waals surface area (Å²) in [6.07, 6.45) is 9.15. The number of rotatable bonds is 0. The van der Waals surface area contributed by atoms with Crippen LogP contribution in [0.3, 0.4) is 0 Å². The fraction of sp³-hybridized carbons (Fsp3) is 0.0476. The van der Waals surface area contributed by atoms with Crippen LogP contribution in [0.4, 0.5) is 5.82 Å². The Balaban J connectivity index is 1.93. The van der Waals surface area contributed by atoms with Gasteiger partial charge in [-0.3, -0.25) is 9.79 Å². The van der Waals surface area contributed by atoms with Crippen LogP contribution in [0.5, 0.6) is 5.75 Å². The molecule has 2 aromatic carbocycles. The molecule has 1 aliphatic heterocycles. The molecule has 0 radical (unpaired) electrons. The molecule has 136 valence electrons. The van der Waals surface area contributed by atoms with Gasteiger partial charge in [0.15, 0.2) is 5.82 Å². The van der Waals surface area contributed by atoms with Crippen molar-refractivity contribution < 1.29 is 9.53 Å². The second kappa shape index (κ2) is 8.13. The van der Waals surface area contributed by atoms with Gasteiger partial charge in [0.05, 0.1) is 23.6 Å². The van der Waals surface area contributed by atoms with E-state index >= 15 is 0 Å². The lowest BCUT2D eigenvalue weighted by molar-refractivity contribution is -0.116. The molecule has 2 heterocycles. The van der Waals surface area contributed by atoms with E-state index in [-0.39, 0.29) is 12.3 Å². The van der Waals surface area contributed by atoms with Crippen molar-refractivity contribution in [1.82, 2.24) is 9.97 Å². The molecule has 0 spiro atoms. The summed E-state index contributed by atoms with van der Waals surface area (Å²) in [5.74, 6) is 0.834. The predicted octanol–water partition coefficient (Wildman–Crippen LogP) is 2.28. The zero-order valence-electron chi connectivity index (χ0n) is 14.8. The first kappa shape index (κ1) is 17.4. The number of nitrogens with zero attached hydrogens (tertiary/aromatic N) is 5. The summed E-state index contributed by atoms with van der Waals surface area (Å²) >= 11 is 0. The van der Waals surface area contributed by atoms with E-state index in [1.807, 2.05) is 36.4 Å². The predicted molar refractivity (Wildman–Crippen MR) is 107 cm³/mol. The van der Waals surface area contributed by atoms with Gasteiger partial charge >= 0.3 is 0 Å². The van der Waals surface area contributed by atoms with Gasteiger partial charge in [0, 0.05) is 29.2 Å². The molecule has 28 heavy (non-hydrogen) atoms. The van der Waals surface area contributed by atoms with Crippen molar-refractivity contribution in [3.8, 4) is 5.75 Å². The minimum atomic E-state index is -0.298. The van der Waals surface area contributed by atoms with Gasteiger partial charge in [-0.05, 0) is 30.3 Å². The average molecular weight is 369 g/mol. The SMILES string of the molecule is O=C1C/C=N/C=c2\cccc\c2=N/c2ncnc3ccc(cc23)O/C=C/C=N/1. The van der Waals surface area contributed by atoms with E-state index in [0.717, 1.165) is 16.1 Å². The molecule has 0 saturated carbocycles. The van der Waals surface area contributed by atoms with Gasteiger partial charge in [-0.2, -0.15) is 0 Å². The number of aromatic nitrogens is 2. The van der Waals surface area contributed by atoms with Crippen LogP contribution in [0.15, 0.2) is 76.1 Å². The Morgan fingerprint density at radius 1 is 1.04 bits per heavy atom. The second-order valence-electron chi connectivity index (χ2n) is 5.83. The normalized spacial score (nSPS) is 19.9. The number of hydrogen-bond donors (Lipinski definition) is 0. The molecular formula is C21H15N5O2. The highest BCUT2D eigenvalue weighted by molar-refractivity contribution is 5.96. The molecule has 0 aliphatic carbocycles. The molecule has 0 atom stereocenters. The van der Waals surface area contributed by atoms with E-state index < -0.39 is 0 Å². The number of carbonyl (C=O) groups excluding carboxylic acids is 1. The summed E-state index contributed by atoms with van der Waals surface area (Å²) < 4.78 is 5.58. The Morgan fingerprint density at radius 3 is 2.93 bits per heavy atom. The lowest BCUT2D eigenvalue weighted by atomic mass is 10.2. The highest BCUT2D eigenvalue weighted by Gasteiger charge is 2.04. The molecule has 1 amide bonds. The third-order valence-corrected chi connectivity index (χ3v) is 3.92. The monoisotopic (exact) mass is 369 g/mol. The van der Waals surface area contributed by atoms with Crippen LogP contribution in [0.25, 0.3) is 17.1 Å². The van der Waals surface area contributed by atoms with Crippen LogP contribution >= 0.6 is 0 Å². The average Bonchev–Trinajstić information content (AvgIpc) is 2.72. The topological polar surface area (TPSA) is 89.2 Å². The summed E-state index contributed by atoms with van der Waals surface area (Å²) in [5.41, 5.74) is 0.759. The Morgan fingerprint density at radius 2 is 1.96 bits per heavy atom. The van der Waals surface area contributed by atoms with Crippen LogP contribution in [0, 0.1) is 0 Å². The van der Waals surface area contributed by atoms with Crippen molar-refractivity contribution in [2.24, 2.45) is 15.0 Å². The van der Waals surface area contributed by atoms with Crippen molar-refractivity contribution in [2.75, 3.05) is 0 Å². The molecular weight excluding hydrogens is 354 g/mol. The summed E-state index contributed by atoms with van der Waals surface area (Å²) in [6, 6.07) is 13.0. The van der Waals surface area contributed by atoms with Crippen LogP contribution in [0.2, 0.25) is 0 Å². The highest BCUT2D eigenvalue weighted by Crippen LogP contribution is 2.25. The molecule has 0 unspecified atom stereocenters. The minimum Gasteiger partial charge on any atom is -0.465 e. The van der Waals surface area contributed by atoms with Crippen molar-refractivity contribution in [1.29, 1.82) is 0 Å². The van der Waals surface area contributed by atoms with Crippen LogP contribution in [-0.4, -0.2) is 28.3 Å². The lowest BCUT2D eigenvalue weighted by Crippen LogP contribution is -2.23. The van der Waals surface area contributed by atoms with Gasteiger partial charge in [0.25, 0.3) is 5.91 Å². The van der Waals surface area contributed by atoms with Crippen LogP contribution in [-0.2, 0) is 4.79 Å². The quantitative estimate of drug-likeness (QED) is 0.608. The number of ether oxygens (including phenoxy) is 1. The van der Waals surface area contributed by atoms with Gasteiger partial charge in [0.1, 0.15) is 12.1 Å². The molecule has 7 heteroatoms. The first-order valence-electron chi connectivity index (χ1n) is 8.59. The first-order chi connectivity index (χ1) is 13.8. The van der Waals surface area contributed by atoms with Crippen molar-refractivity contribution in [2.45, 2.75) is 6.42 Å². The van der Waals surface area contributed by atoms with E-state index in [4.69, 9.17) is 9.73 Å². The fourth-order valence-corrected chi connectivity index (χ4v) is 2.59.